The van der Waals surface area contributed by atoms with Gasteiger partial charge in [0.1, 0.15) is 0 Å². The van der Waals surface area contributed by atoms with Gasteiger partial charge in [-0.3, -0.25) is 30.7 Å². The van der Waals surface area contributed by atoms with E-state index in [0.29, 0.717) is 11.5 Å². The Kier molecular flexibility index (Phi) is 12.3. The lowest BCUT2D eigenvalue weighted by Crippen LogP contribution is -2.39. The van der Waals surface area contributed by atoms with E-state index >= 15 is 0 Å². The monoisotopic (exact) mass is 398 g/mol. The highest BCUT2D eigenvalue weighted by atomic mass is 32.2. The van der Waals surface area contributed by atoms with Crippen molar-refractivity contribution in [3.8, 4) is 0 Å². The topological polar surface area (TPSA) is 165 Å². The van der Waals surface area contributed by atoms with E-state index in [0.717, 1.165) is 0 Å². The van der Waals surface area contributed by atoms with Crippen molar-refractivity contribution in [2.24, 2.45) is 17.5 Å². The number of nitrogens with two attached hydrogens (primary N) is 3. The summed E-state index contributed by atoms with van der Waals surface area (Å²) in [5.41, 5.74) is 6.34. The predicted octanol–water partition coefficient (Wildman–Crippen LogP) is -1.31. The van der Waals surface area contributed by atoms with Gasteiger partial charge < -0.3 is 0 Å². The van der Waals surface area contributed by atoms with Crippen molar-refractivity contribution < 1.29 is 14.4 Å². The summed E-state index contributed by atoms with van der Waals surface area (Å²) in [6.45, 7) is 5.26. The van der Waals surface area contributed by atoms with Crippen molar-refractivity contribution in [3.63, 3.8) is 0 Å². The molecule has 0 heterocycles. The fourth-order valence-electron chi connectivity index (χ4n) is 1.48. The van der Waals surface area contributed by atoms with Gasteiger partial charge in [0.25, 0.3) is 0 Å². The van der Waals surface area contributed by atoms with Gasteiger partial charge in [0.05, 0.1) is 15.7 Å². The largest absolute Gasteiger partial charge is 0.293 e. The van der Waals surface area contributed by atoms with E-state index in [9.17, 15) is 14.4 Å². The number of rotatable bonds is 11. The van der Waals surface area contributed by atoms with Crippen LogP contribution in [0, 0.1) is 0 Å². The Morgan fingerprint density at radius 1 is 0.750 bits per heavy atom. The fraction of sp³-hybridized carbons (Fsp3) is 0.750. The number of thioether (sulfide) groups is 3. The van der Waals surface area contributed by atoms with Crippen LogP contribution in [0.4, 0.5) is 0 Å². The maximum Gasteiger partial charge on any atom is 0.246 e. The standard InChI is InChI=1S/C12H26N6O3S3/c1-6(10(19)16-13)22-4-9(24-8(3)12(21)18-15)5-23-7(2)11(20)17-14/h6-9H,4-5,13-15H2,1-3H3,(H,16,19)(H,17,20)(H,18,21). The van der Waals surface area contributed by atoms with E-state index in [1.54, 1.807) is 20.8 Å². The summed E-state index contributed by atoms with van der Waals surface area (Å²) >= 11 is 4.30. The van der Waals surface area contributed by atoms with E-state index in [2.05, 4.69) is 16.3 Å². The molecule has 0 rings (SSSR count). The van der Waals surface area contributed by atoms with Crippen LogP contribution in [-0.2, 0) is 14.4 Å². The number of carbonyl (C=O) groups excluding carboxylic acids is 3. The molecule has 0 aromatic carbocycles. The van der Waals surface area contributed by atoms with Gasteiger partial charge >= 0.3 is 0 Å². The molecule has 140 valence electrons. The Morgan fingerprint density at radius 3 is 1.42 bits per heavy atom. The average Bonchev–Trinajstić information content (AvgIpc) is 2.60. The highest BCUT2D eigenvalue weighted by Gasteiger charge is 2.23. The maximum atomic E-state index is 11.6. The molecule has 0 radical (unpaired) electrons. The van der Waals surface area contributed by atoms with Crippen LogP contribution in [0.15, 0.2) is 0 Å². The summed E-state index contributed by atoms with van der Waals surface area (Å²) in [5.74, 6) is 15.8. The van der Waals surface area contributed by atoms with Gasteiger partial charge in [-0.1, -0.05) is 0 Å². The molecule has 3 amide bonds. The maximum absolute atomic E-state index is 11.6. The smallest absolute Gasteiger partial charge is 0.246 e. The first-order chi connectivity index (χ1) is 11.3. The fourth-order valence-corrected chi connectivity index (χ4v) is 5.18. The highest BCUT2D eigenvalue weighted by molar-refractivity contribution is 8.06. The number of hydrogen-bond donors (Lipinski definition) is 6. The second-order valence-electron chi connectivity index (χ2n) is 4.88. The molecule has 0 aliphatic carbocycles. The molecule has 0 spiro atoms. The van der Waals surface area contributed by atoms with Gasteiger partial charge in [0.15, 0.2) is 0 Å². The van der Waals surface area contributed by atoms with Crippen molar-refractivity contribution >= 4 is 53.0 Å². The summed E-state index contributed by atoms with van der Waals surface area (Å²) in [5, 5.41) is -0.940. The third kappa shape index (κ3) is 8.99. The predicted molar refractivity (Wildman–Crippen MR) is 102 cm³/mol. The molecule has 3 atom stereocenters. The van der Waals surface area contributed by atoms with Crippen LogP contribution in [0.2, 0.25) is 0 Å². The lowest BCUT2D eigenvalue weighted by atomic mass is 10.4. The molecule has 3 unspecified atom stereocenters. The quantitative estimate of drug-likeness (QED) is 0.141. The van der Waals surface area contributed by atoms with Crippen LogP contribution < -0.4 is 33.8 Å². The highest BCUT2D eigenvalue weighted by Crippen LogP contribution is 2.28. The first-order valence-corrected chi connectivity index (χ1v) is 10.2. The summed E-state index contributed by atoms with van der Waals surface area (Å²) < 4.78 is 0. The molecule has 0 saturated carbocycles. The second kappa shape index (κ2) is 12.7. The van der Waals surface area contributed by atoms with Crippen molar-refractivity contribution in [2.45, 2.75) is 41.8 Å². The lowest BCUT2D eigenvalue weighted by molar-refractivity contribution is -0.121. The van der Waals surface area contributed by atoms with E-state index in [4.69, 9.17) is 17.5 Å². The summed E-state index contributed by atoms with van der Waals surface area (Å²) in [7, 11) is 0. The zero-order chi connectivity index (χ0) is 18.7. The molecule has 9 N–H and O–H groups in total. The zero-order valence-electron chi connectivity index (χ0n) is 13.9. The van der Waals surface area contributed by atoms with Gasteiger partial charge in [-0.15, -0.1) is 35.3 Å². The summed E-state index contributed by atoms with van der Waals surface area (Å²) in [6.07, 6.45) is 0. The Balaban J connectivity index is 4.67. The third-order valence-corrected chi connectivity index (χ3v) is 7.38. The molecular weight excluding hydrogens is 372 g/mol. The minimum absolute atomic E-state index is 0.0355. The molecule has 0 bridgehead atoms. The Morgan fingerprint density at radius 2 is 1.08 bits per heavy atom. The van der Waals surface area contributed by atoms with E-state index in [-0.39, 0.29) is 38.7 Å². The Hall–Kier alpha value is -0.660. The molecule has 0 aliphatic rings. The van der Waals surface area contributed by atoms with Gasteiger partial charge in [-0.05, 0) is 20.8 Å². The Labute approximate surface area is 154 Å². The van der Waals surface area contributed by atoms with Gasteiger partial charge in [0, 0.05) is 16.8 Å². The normalized spacial score (nSPS) is 15.8. The van der Waals surface area contributed by atoms with E-state index in [1.165, 1.54) is 35.3 Å². The van der Waals surface area contributed by atoms with Crippen molar-refractivity contribution in [1.29, 1.82) is 0 Å². The second-order valence-corrected chi connectivity index (χ2v) is 9.27. The summed E-state index contributed by atoms with van der Waals surface area (Å²) in [4.78, 5) is 34.6. The molecule has 12 heteroatoms. The average molecular weight is 399 g/mol. The molecule has 0 fully saturated rings. The van der Waals surface area contributed by atoms with Crippen molar-refractivity contribution in [3.05, 3.63) is 0 Å². The van der Waals surface area contributed by atoms with Crippen molar-refractivity contribution in [2.75, 3.05) is 11.5 Å². The van der Waals surface area contributed by atoms with Crippen LogP contribution >= 0.6 is 35.3 Å². The molecule has 9 nitrogen and oxygen atoms in total. The van der Waals surface area contributed by atoms with Gasteiger partial charge in [0.2, 0.25) is 17.7 Å². The minimum atomic E-state index is -0.349. The van der Waals surface area contributed by atoms with Crippen LogP contribution in [0.25, 0.3) is 0 Å². The number of nitrogens with one attached hydrogen (secondary N) is 3. The van der Waals surface area contributed by atoms with Gasteiger partial charge in [-0.25, -0.2) is 17.5 Å². The first kappa shape index (κ1) is 23.3. The van der Waals surface area contributed by atoms with Crippen LogP contribution in [0.3, 0.4) is 0 Å². The van der Waals surface area contributed by atoms with E-state index in [1.807, 2.05) is 0 Å². The Bertz CT molecular complexity index is 403. The number of amides is 3. The van der Waals surface area contributed by atoms with Crippen LogP contribution in [0.5, 0.6) is 0 Å². The number of carbonyl (C=O) groups is 3. The molecule has 0 aliphatic heterocycles. The summed E-state index contributed by atoms with van der Waals surface area (Å²) in [6, 6.07) is 0. The van der Waals surface area contributed by atoms with Crippen molar-refractivity contribution in [1.82, 2.24) is 16.3 Å². The molecule has 0 aromatic heterocycles. The lowest BCUT2D eigenvalue weighted by Gasteiger charge is -2.22. The molecular formula is C12H26N6O3S3. The number of hydrogen-bond acceptors (Lipinski definition) is 9. The molecule has 24 heavy (non-hydrogen) atoms. The SMILES string of the molecule is CC(SCC(CSC(C)C(=O)NN)SC(C)C(=O)NN)C(=O)NN. The number of hydrazine groups is 3. The van der Waals surface area contributed by atoms with Crippen LogP contribution in [0.1, 0.15) is 20.8 Å². The molecule has 0 saturated heterocycles. The van der Waals surface area contributed by atoms with Gasteiger partial charge in [-0.2, -0.15) is 0 Å². The zero-order valence-corrected chi connectivity index (χ0v) is 16.4. The van der Waals surface area contributed by atoms with Crippen LogP contribution in [-0.4, -0.2) is 50.2 Å². The van der Waals surface area contributed by atoms with E-state index < -0.39 is 0 Å². The molecule has 0 aromatic rings. The third-order valence-electron chi connectivity index (χ3n) is 3.00. The minimum Gasteiger partial charge on any atom is -0.293 e. The first-order valence-electron chi connectivity index (χ1n) is 7.16.